The van der Waals surface area contributed by atoms with E-state index in [9.17, 15) is 24.5 Å². The van der Waals surface area contributed by atoms with Crippen LogP contribution in [0.5, 0.6) is 0 Å². The summed E-state index contributed by atoms with van der Waals surface area (Å²) < 4.78 is 4.59. The number of fused-ring (bicyclic) bond motifs is 1. The number of anilines is 1. The van der Waals surface area contributed by atoms with Crippen LogP contribution >= 0.6 is 11.3 Å². The van der Waals surface area contributed by atoms with Crippen LogP contribution in [-0.4, -0.2) is 29.8 Å². The lowest BCUT2D eigenvalue weighted by molar-refractivity contribution is -0.384. The van der Waals surface area contributed by atoms with E-state index in [0.29, 0.717) is 17.3 Å². The first-order valence-corrected chi connectivity index (χ1v) is 9.66. The number of nitro groups is 1. The van der Waals surface area contributed by atoms with Crippen LogP contribution in [-0.2, 0) is 17.6 Å². The molecular weight excluding hydrogens is 398 g/mol. The molecule has 3 N–H and O–H groups in total. The van der Waals surface area contributed by atoms with Crippen LogP contribution in [0.2, 0.25) is 0 Å². The number of ether oxygens (including phenoxy) is 1. The lowest BCUT2D eigenvalue weighted by atomic mass is 9.88. The second-order valence-corrected chi connectivity index (χ2v) is 8.00. The zero-order chi connectivity index (χ0) is 21.3. The highest BCUT2D eigenvalue weighted by atomic mass is 32.1. The number of methoxy groups -OCH3 is 1. The number of non-ortho nitro benzene ring substituents is 1. The van der Waals surface area contributed by atoms with E-state index in [1.165, 1.54) is 17.4 Å². The van der Waals surface area contributed by atoms with E-state index in [4.69, 9.17) is 5.73 Å². The first kappa shape index (κ1) is 20.5. The summed E-state index contributed by atoms with van der Waals surface area (Å²) in [6.45, 7) is 2.11. The maximum Gasteiger partial charge on any atom is 0.338 e. The molecule has 1 aromatic carbocycles. The van der Waals surface area contributed by atoms with Crippen LogP contribution in [0.3, 0.4) is 0 Å². The van der Waals surface area contributed by atoms with Crippen LogP contribution in [0.15, 0.2) is 18.2 Å². The van der Waals surface area contributed by atoms with Crippen molar-refractivity contribution in [3.63, 3.8) is 0 Å². The van der Waals surface area contributed by atoms with Crippen molar-refractivity contribution in [1.29, 1.82) is 0 Å². The number of nitrogens with zero attached hydrogens (tertiary/aromatic N) is 1. The Morgan fingerprint density at radius 3 is 2.59 bits per heavy atom. The van der Waals surface area contributed by atoms with Crippen molar-refractivity contribution in [2.45, 2.75) is 26.2 Å². The van der Waals surface area contributed by atoms with Crippen molar-refractivity contribution in [2.24, 2.45) is 11.7 Å². The number of nitrogens with one attached hydrogen (secondary N) is 1. The molecule has 1 aliphatic carbocycles. The van der Waals surface area contributed by atoms with Gasteiger partial charge in [-0.05, 0) is 36.8 Å². The molecule has 1 aromatic heterocycles. The monoisotopic (exact) mass is 417 g/mol. The number of rotatable bonds is 5. The molecule has 2 aromatic rings. The summed E-state index contributed by atoms with van der Waals surface area (Å²) in [5, 5.41) is 14.1. The Labute approximate surface area is 170 Å². The molecule has 3 rings (SSSR count). The average Bonchev–Trinajstić information content (AvgIpc) is 3.03. The molecule has 0 fully saturated rings. The number of primary amides is 1. The van der Waals surface area contributed by atoms with E-state index in [1.807, 2.05) is 0 Å². The lowest BCUT2D eigenvalue weighted by Gasteiger charge is -2.18. The Hall–Kier alpha value is -3.27. The van der Waals surface area contributed by atoms with Gasteiger partial charge in [-0.1, -0.05) is 6.92 Å². The van der Waals surface area contributed by atoms with Gasteiger partial charge in [-0.15, -0.1) is 11.3 Å². The standard InChI is InChI=1S/C19H19N3O6S/c1-9-3-4-13-14(5-9)29-18(15(13)16(20)23)21-17(24)10-6-11(19(25)28-2)8-12(7-10)22(26)27/h6-9H,3-5H2,1-2H3,(H2,20,23)(H,21,24)/t9-/m1/s1. The van der Waals surface area contributed by atoms with Crippen molar-refractivity contribution in [3.8, 4) is 0 Å². The van der Waals surface area contributed by atoms with Gasteiger partial charge in [0.2, 0.25) is 0 Å². The summed E-state index contributed by atoms with van der Waals surface area (Å²) in [7, 11) is 1.14. The Balaban J connectivity index is 1.99. The molecule has 152 valence electrons. The number of nitro benzene ring substituents is 1. The van der Waals surface area contributed by atoms with E-state index in [1.54, 1.807) is 0 Å². The van der Waals surface area contributed by atoms with Crippen molar-refractivity contribution in [2.75, 3.05) is 12.4 Å². The van der Waals surface area contributed by atoms with Gasteiger partial charge in [0.05, 0.1) is 23.2 Å². The molecule has 0 saturated heterocycles. The van der Waals surface area contributed by atoms with E-state index in [0.717, 1.165) is 42.5 Å². The van der Waals surface area contributed by atoms with Crippen molar-refractivity contribution in [3.05, 3.63) is 55.4 Å². The van der Waals surface area contributed by atoms with Gasteiger partial charge in [0.1, 0.15) is 5.00 Å². The highest BCUT2D eigenvalue weighted by Crippen LogP contribution is 2.39. The normalized spacial score (nSPS) is 15.3. The zero-order valence-corrected chi connectivity index (χ0v) is 16.6. The molecule has 9 nitrogen and oxygen atoms in total. The molecule has 0 aliphatic heterocycles. The SMILES string of the molecule is COC(=O)c1cc(C(=O)Nc2sc3c(c2C(N)=O)CC[C@@H](C)C3)cc([N+](=O)[O-])c1. The summed E-state index contributed by atoms with van der Waals surface area (Å²) in [6, 6.07) is 3.29. The van der Waals surface area contributed by atoms with Crippen LogP contribution in [0.1, 0.15) is 54.9 Å². The third kappa shape index (κ3) is 4.11. The number of benzene rings is 1. The lowest BCUT2D eigenvalue weighted by Crippen LogP contribution is -2.19. The second kappa shape index (κ2) is 8.00. The number of nitrogens with two attached hydrogens (primary N) is 1. The molecule has 0 bridgehead atoms. The smallest absolute Gasteiger partial charge is 0.338 e. The van der Waals surface area contributed by atoms with Gasteiger partial charge in [0.15, 0.2) is 0 Å². The van der Waals surface area contributed by atoms with Crippen molar-refractivity contribution in [1.82, 2.24) is 0 Å². The molecular formula is C19H19N3O6S. The first-order chi connectivity index (χ1) is 13.7. The number of thiophene rings is 1. The Bertz CT molecular complexity index is 1030. The van der Waals surface area contributed by atoms with Gasteiger partial charge in [0.25, 0.3) is 17.5 Å². The van der Waals surface area contributed by atoms with E-state index in [2.05, 4.69) is 17.0 Å². The van der Waals surface area contributed by atoms with Crippen molar-refractivity contribution >= 4 is 39.8 Å². The minimum atomic E-state index is -0.804. The number of carbonyl (C=O) groups excluding carboxylic acids is 3. The third-order valence-electron chi connectivity index (χ3n) is 4.80. The fourth-order valence-corrected chi connectivity index (χ4v) is 4.77. The summed E-state index contributed by atoms with van der Waals surface area (Å²) in [5.41, 5.74) is 6.03. The number of hydrogen-bond donors (Lipinski definition) is 2. The second-order valence-electron chi connectivity index (χ2n) is 6.89. The zero-order valence-electron chi connectivity index (χ0n) is 15.8. The molecule has 1 aliphatic rings. The molecule has 1 heterocycles. The first-order valence-electron chi connectivity index (χ1n) is 8.84. The van der Waals surface area contributed by atoms with E-state index >= 15 is 0 Å². The van der Waals surface area contributed by atoms with Gasteiger partial charge in [-0.3, -0.25) is 19.7 Å². The molecule has 0 unspecified atom stereocenters. The molecule has 2 amide bonds. The van der Waals surface area contributed by atoms with Gasteiger partial charge in [-0.25, -0.2) is 4.79 Å². The highest BCUT2D eigenvalue weighted by Gasteiger charge is 2.28. The van der Waals surface area contributed by atoms with Gasteiger partial charge in [0, 0.05) is 22.6 Å². The average molecular weight is 417 g/mol. The van der Waals surface area contributed by atoms with Crippen LogP contribution in [0, 0.1) is 16.0 Å². The topological polar surface area (TPSA) is 142 Å². The number of hydrogen-bond acceptors (Lipinski definition) is 7. The molecule has 0 saturated carbocycles. The Morgan fingerprint density at radius 2 is 1.97 bits per heavy atom. The summed E-state index contributed by atoms with van der Waals surface area (Å²) in [4.78, 5) is 48.0. The van der Waals surface area contributed by atoms with Crippen LogP contribution in [0.4, 0.5) is 10.7 Å². The molecule has 0 radical (unpaired) electrons. The molecule has 0 spiro atoms. The molecule has 29 heavy (non-hydrogen) atoms. The maximum absolute atomic E-state index is 12.8. The minimum absolute atomic E-state index is 0.102. The summed E-state index contributed by atoms with van der Waals surface area (Å²) >= 11 is 1.28. The number of carbonyl (C=O) groups is 3. The maximum atomic E-state index is 12.8. The molecule has 1 atom stereocenters. The van der Waals surface area contributed by atoms with Gasteiger partial charge >= 0.3 is 5.97 Å². The largest absolute Gasteiger partial charge is 0.465 e. The van der Waals surface area contributed by atoms with E-state index in [-0.39, 0.29) is 16.7 Å². The predicted octanol–water partition coefficient (Wildman–Crippen LogP) is 2.92. The van der Waals surface area contributed by atoms with Crippen LogP contribution < -0.4 is 11.1 Å². The number of esters is 1. The minimum Gasteiger partial charge on any atom is -0.465 e. The number of amides is 2. The Morgan fingerprint density at radius 1 is 1.28 bits per heavy atom. The summed E-state index contributed by atoms with van der Waals surface area (Å²) in [5.74, 6) is -1.67. The quantitative estimate of drug-likeness (QED) is 0.435. The summed E-state index contributed by atoms with van der Waals surface area (Å²) in [6.07, 6.45) is 2.41. The third-order valence-corrected chi connectivity index (χ3v) is 5.97. The Kier molecular flexibility index (Phi) is 5.64. The fraction of sp³-hybridized carbons (Fsp3) is 0.316. The van der Waals surface area contributed by atoms with Gasteiger partial charge in [-0.2, -0.15) is 0 Å². The van der Waals surface area contributed by atoms with E-state index < -0.39 is 28.4 Å². The van der Waals surface area contributed by atoms with Gasteiger partial charge < -0.3 is 15.8 Å². The highest BCUT2D eigenvalue weighted by molar-refractivity contribution is 7.17. The van der Waals surface area contributed by atoms with Crippen molar-refractivity contribution < 1.29 is 24.0 Å². The van der Waals surface area contributed by atoms with Crippen LogP contribution in [0.25, 0.3) is 0 Å². The molecule has 10 heteroatoms. The fourth-order valence-electron chi connectivity index (χ4n) is 3.36. The predicted molar refractivity (Wildman–Crippen MR) is 106 cm³/mol.